The highest BCUT2D eigenvalue weighted by molar-refractivity contribution is 6.44. The zero-order valence-corrected chi connectivity index (χ0v) is 11.4. The van der Waals surface area contributed by atoms with Gasteiger partial charge in [0.15, 0.2) is 0 Å². The van der Waals surface area contributed by atoms with Gasteiger partial charge in [-0.15, -0.1) is 0 Å². The van der Waals surface area contributed by atoms with Crippen molar-refractivity contribution in [2.45, 2.75) is 0 Å². The molecule has 0 saturated carbocycles. The van der Waals surface area contributed by atoms with Crippen LogP contribution in [0.2, 0.25) is 10.0 Å². The van der Waals surface area contributed by atoms with E-state index in [0.717, 1.165) is 0 Å². The molecule has 5 nitrogen and oxygen atoms in total. The van der Waals surface area contributed by atoms with E-state index in [4.69, 9.17) is 27.9 Å². The second kappa shape index (κ2) is 5.86. The van der Waals surface area contributed by atoms with Crippen LogP contribution in [-0.2, 0) is 0 Å². The molecule has 0 atom stereocenters. The summed E-state index contributed by atoms with van der Waals surface area (Å²) in [6, 6.07) is 6.38. The van der Waals surface area contributed by atoms with E-state index in [1.807, 2.05) is 0 Å². The van der Waals surface area contributed by atoms with Gasteiger partial charge in [-0.1, -0.05) is 29.3 Å². The van der Waals surface area contributed by atoms with Crippen molar-refractivity contribution in [1.29, 1.82) is 0 Å². The van der Waals surface area contributed by atoms with Gasteiger partial charge in [-0.25, -0.2) is 9.97 Å². The fraction of sp³-hybridized carbons (Fsp3) is 0.0833. The number of carbonyl (C=O) groups is 1. The third-order valence-corrected chi connectivity index (χ3v) is 3.10. The lowest BCUT2D eigenvalue weighted by Crippen LogP contribution is -2.14. The van der Waals surface area contributed by atoms with Crippen LogP contribution in [0.1, 0.15) is 10.5 Å². The highest BCUT2D eigenvalue weighted by Crippen LogP contribution is 2.29. The Hall–Kier alpha value is -1.85. The summed E-state index contributed by atoms with van der Waals surface area (Å²) in [6.07, 6.45) is 1.24. The number of benzene rings is 1. The number of amides is 1. The normalized spacial score (nSPS) is 10.1. The molecule has 2 aromatic rings. The van der Waals surface area contributed by atoms with E-state index in [9.17, 15) is 4.79 Å². The Morgan fingerprint density at radius 3 is 2.84 bits per heavy atom. The Morgan fingerprint density at radius 2 is 2.11 bits per heavy atom. The summed E-state index contributed by atoms with van der Waals surface area (Å²) in [4.78, 5) is 19.7. The molecule has 0 spiro atoms. The summed E-state index contributed by atoms with van der Waals surface area (Å²) in [5, 5.41) is 3.25. The van der Waals surface area contributed by atoms with Crippen molar-refractivity contribution in [3.8, 4) is 5.88 Å². The number of nitrogens with zero attached hydrogens (tertiary/aromatic N) is 2. The van der Waals surface area contributed by atoms with Crippen molar-refractivity contribution in [2.75, 3.05) is 12.4 Å². The molecule has 1 aromatic heterocycles. The third-order valence-electron chi connectivity index (χ3n) is 2.28. The molecule has 0 aliphatic rings. The summed E-state index contributed by atoms with van der Waals surface area (Å²) in [5.41, 5.74) is 0.583. The Balaban J connectivity index is 2.23. The SMILES string of the molecule is COc1cc(C(=O)Nc2cccc(Cl)c2Cl)ncn1. The van der Waals surface area contributed by atoms with Crippen molar-refractivity contribution in [3.05, 3.63) is 46.3 Å². The van der Waals surface area contributed by atoms with Gasteiger partial charge in [0.2, 0.25) is 5.88 Å². The number of carbonyl (C=O) groups excluding carboxylic acids is 1. The Bertz CT molecular complexity index is 620. The molecule has 0 radical (unpaired) electrons. The summed E-state index contributed by atoms with van der Waals surface area (Å²) in [6.45, 7) is 0. The molecule has 1 heterocycles. The van der Waals surface area contributed by atoms with E-state index in [0.29, 0.717) is 16.6 Å². The van der Waals surface area contributed by atoms with E-state index < -0.39 is 5.91 Å². The van der Waals surface area contributed by atoms with E-state index in [2.05, 4.69) is 15.3 Å². The van der Waals surface area contributed by atoms with Gasteiger partial charge in [-0.3, -0.25) is 4.79 Å². The topological polar surface area (TPSA) is 64.1 Å². The quantitative estimate of drug-likeness (QED) is 0.946. The van der Waals surface area contributed by atoms with Crippen LogP contribution in [0, 0.1) is 0 Å². The number of halogens is 2. The van der Waals surface area contributed by atoms with Crippen LogP contribution >= 0.6 is 23.2 Å². The number of ether oxygens (including phenoxy) is 1. The maximum atomic E-state index is 12.0. The fourth-order valence-corrected chi connectivity index (χ4v) is 1.71. The van der Waals surface area contributed by atoms with E-state index in [1.165, 1.54) is 19.5 Å². The standard InChI is InChI=1S/C12H9Cl2N3O2/c1-19-10-5-9(15-6-16-10)12(18)17-8-4-2-3-7(13)11(8)14/h2-6H,1H3,(H,17,18). The van der Waals surface area contributed by atoms with Gasteiger partial charge >= 0.3 is 0 Å². The van der Waals surface area contributed by atoms with E-state index in [-0.39, 0.29) is 10.7 Å². The van der Waals surface area contributed by atoms with Gasteiger partial charge in [-0.05, 0) is 12.1 Å². The lowest BCUT2D eigenvalue weighted by Gasteiger charge is -2.08. The molecule has 98 valence electrons. The highest BCUT2D eigenvalue weighted by Gasteiger charge is 2.12. The van der Waals surface area contributed by atoms with E-state index in [1.54, 1.807) is 18.2 Å². The second-order valence-electron chi connectivity index (χ2n) is 3.50. The first-order valence-electron chi connectivity index (χ1n) is 5.23. The largest absolute Gasteiger partial charge is 0.481 e. The molecule has 19 heavy (non-hydrogen) atoms. The van der Waals surface area contributed by atoms with Gasteiger partial charge in [0, 0.05) is 6.07 Å². The van der Waals surface area contributed by atoms with Crippen LogP contribution in [0.4, 0.5) is 5.69 Å². The Morgan fingerprint density at radius 1 is 1.32 bits per heavy atom. The predicted molar refractivity (Wildman–Crippen MR) is 73.0 cm³/mol. The van der Waals surface area contributed by atoms with Crippen LogP contribution in [0.3, 0.4) is 0 Å². The average molecular weight is 298 g/mol. The number of hydrogen-bond acceptors (Lipinski definition) is 4. The Labute approximate surface area is 119 Å². The number of aromatic nitrogens is 2. The molecule has 7 heteroatoms. The summed E-state index contributed by atoms with van der Waals surface area (Å²) in [5.74, 6) is -0.123. The smallest absolute Gasteiger partial charge is 0.274 e. The zero-order valence-electron chi connectivity index (χ0n) is 9.85. The lowest BCUT2D eigenvalue weighted by atomic mass is 10.3. The van der Waals surface area contributed by atoms with Gasteiger partial charge in [0.25, 0.3) is 5.91 Å². The minimum absolute atomic E-state index is 0.169. The fourth-order valence-electron chi connectivity index (χ4n) is 1.36. The maximum absolute atomic E-state index is 12.0. The van der Waals surface area contributed by atoms with Gasteiger partial charge in [0.1, 0.15) is 12.0 Å². The van der Waals surface area contributed by atoms with Crippen LogP contribution in [0.25, 0.3) is 0 Å². The van der Waals surface area contributed by atoms with Gasteiger partial charge in [0.05, 0.1) is 22.8 Å². The first-order chi connectivity index (χ1) is 9.11. The number of rotatable bonds is 3. The zero-order chi connectivity index (χ0) is 13.8. The number of methoxy groups -OCH3 is 1. The van der Waals surface area contributed by atoms with Crippen molar-refractivity contribution in [3.63, 3.8) is 0 Å². The van der Waals surface area contributed by atoms with Crippen molar-refractivity contribution in [1.82, 2.24) is 9.97 Å². The van der Waals surface area contributed by atoms with Crippen LogP contribution in [0.5, 0.6) is 5.88 Å². The van der Waals surface area contributed by atoms with Crippen molar-refractivity contribution in [2.24, 2.45) is 0 Å². The predicted octanol–water partition coefficient (Wildman–Crippen LogP) is 3.04. The molecule has 1 amide bonds. The minimum Gasteiger partial charge on any atom is -0.481 e. The highest BCUT2D eigenvalue weighted by atomic mass is 35.5. The molecule has 1 N–H and O–H groups in total. The summed E-state index contributed by atoms with van der Waals surface area (Å²) in [7, 11) is 1.46. The third kappa shape index (κ3) is 3.13. The molecule has 0 saturated heterocycles. The molecule has 0 bridgehead atoms. The van der Waals surface area contributed by atoms with Gasteiger partial charge in [-0.2, -0.15) is 0 Å². The molecule has 0 unspecified atom stereocenters. The summed E-state index contributed by atoms with van der Waals surface area (Å²) >= 11 is 11.8. The monoisotopic (exact) mass is 297 g/mol. The first kappa shape index (κ1) is 13.6. The minimum atomic E-state index is -0.426. The molecule has 0 fully saturated rings. The Kier molecular flexibility index (Phi) is 4.19. The average Bonchev–Trinajstić information content (AvgIpc) is 2.44. The molecule has 1 aromatic carbocycles. The first-order valence-corrected chi connectivity index (χ1v) is 5.99. The molecule has 0 aliphatic carbocycles. The summed E-state index contributed by atoms with van der Waals surface area (Å²) < 4.78 is 4.92. The molecule has 2 rings (SSSR count). The van der Waals surface area contributed by atoms with Gasteiger partial charge < -0.3 is 10.1 Å². The number of anilines is 1. The van der Waals surface area contributed by atoms with Crippen LogP contribution in [-0.4, -0.2) is 23.0 Å². The number of hydrogen-bond donors (Lipinski definition) is 1. The molecular formula is C12H9Cl2N3O2. The lowest BCUT2D eigenvalue weighted by molar-refractivity contribution is 0.102. The maximum Gasteiger partial charge on any atom is 0.274 e. The number of nitrogens with one attached hydrogen (secondary N) is 1. The molecular weight excluding hydrogens is 289 g/mol. The van der Waals surface area contributed by atoms with E-state index >= 15 is 0 Å². The van der Waals surface area contributed by atoms with Crippen LogP contribution in [0.15, 0.2) is 30.6 Å². The van der Waals surface area contributed by atoms with Crippen molar-refractivity contribution >= 4 is 34.8 Å². The van der Waals surface area contributed by atoms with Crippen LogP contribution < -0.4 is 10.1 Å². The second-order valence-corrected chi connectivity index (χ2v) is 4.29. The van der Waals surface area contributed by atoms with Crippen molar-refractivity contribution < 1.29 is 9.53 Å². The molecule has 0 aliphatic heterocycles.